The molecule has 3 aromatic carbocycles. The first kappa shape index (κ1) is 34.0. The van der Waals surface area contributed by atoms with E-state index in [1.165, 1.54) is 61.9 Å². The number of nitrogens with zero attached hydrogens (tertiary/aromatic N) is 1. The van der Waals surface area contributed by atoms with Gasteiger partial charge < -0.3 is 30.7 Å². The number of carboxylic acids is 1. The van der Waals surface area contributed by atoms with Gasteiger partial charge in [-0.15, -0.1) is 0 Å². The number of nitrogens with two attached hydrogens (primary N) is 1. The molecule has 0 amide bonds. The zero-order valence-corrected chi connectivity index (χ0v) is 25.0. The summed E-state index contributed by atoms with van der Waals surface area (Å²) in [5, 5.41) is 27.0. The summed E-state index contributed by atoms with van der Waals surface area (Å²) in [6.45, 7) is 1.39. The third-order valence-electron chi connectivity index (χ3n) is 7.69. The monoisotopic (exact) mass is 616 g/mol. The molecule has 43 heavy (non-hydrogen) atoms. The topological polar surface area (TPSA) is 191 Å². The number of carbonyl (C=O) groups is 1. The van der Waals surface area contributed by atoms with Crippen LogP contribution < -0.4 is 5.73 Å². The van der Waals surface area contributed by atoms with Crippen LogP contribution in [0.5, 0.6) is 11.5 Å². The van der Waals surface area contributed by atoms with Crippen LogP contribution in [-0.2, 0) is 26.4 Å². The first-order valence-corrected chi connectivity index (χ1v) is 15.2. The molecule has 2 aliphatic rings. The minimum atomic E-state index is -4.67. The Bertz CT molecular complexity index is 1370. The summed E-state index contributed by atoms with van der Waals surface area (Å²) in [5.74, 6) is -1.64. The summed E-state index contributed by atoms with van der Waals surface area (Å²) in [6.07, 6.45) is 5.51. The summed E-state index contributed by atoms with van der Waals surface area (Å²) < 4.78 is 38.2. The van der Waals surface area contributed by atoms with E-state index in [1.807, 2.05) is 0 Å². The van der Waals surface area contributed by atoms with Crippen LogP contribution in [-0.4, -0.2) is 74.5 Å². The highest BCUT2D eigenvalue weighted by Gasteiger charge is 2.39. The molecule has 5 rings (SSSR count). The number of hydrogen-bond acceptors (Lipinski definition) is 8. The Kier molecular flexibility index (Phi) is 11.7. The van der Waals surface area contributed by atoms with Gasteiger partial charge in [0.15, 0.2) is 11.5 Å². The van der Waals surface area contributed by atoms with Gasteiger partial charge in [-0.25, -0.2) is 0 Å². The molecule has 3 unspecified atom stereocenters. The lowest BCUT2D eigenvalue weighted by molar-refractivity contribution is -0.142. The van der Waals surface area contributed by atoms with Crippen LogP contribution in [0.1, 0.15) is 55.4 Å². The molecule has 0 aromatic heterocycles. The highest BCUT2D eigenvalue weighted by Crippen LogP contribution is 2.38. The molecule has 11 nitrogen and oxygen atoms in total. The lowest BCUT2D eigenvalue weighted by Gasteiger charge is -2.38. The Hall–Kier alpha value is -3.52. The van der Waals surface area contributed by atoms with E-state index in [1.54, 1.807) is 0 Å². The molecule has 7 N–H and O–H groups in total. The Morgan fingerprint density at radius 2 is 1.40 bits per heavy atom. The molecule has 234 valence electrons. The van der Waals surface area contributed by atoms with Crippen LogP contribution in [0.25, 0.3) is 0 Å². The molecule has 2 saturated heterocycles. The van der Waals surface area contributed by atoms with Crippen molar-refractivity contribution >= 4 is 16.4 Å². The van der Waals surface area contributed by atoms with Gasteiger partial charge in [-0.1, -0.05) is 66.7 Å². The summed E-state index contributed by atoms with van der Waals surface area (Å²) in [4.78, 5) is 13.3. The average molecular weight is 617 g/mol. The van der Waals surface area contributed by atoms with Gasteiger partial charge in [0.25, 0.3) is 0 Å². The number of aliphatic carboxylic acids is 1. The second-order valence-electron chi connectivity index (χ2n) is 11.2. The lowest BCUT2D eigenvalue weighted by atomic mass is 9.94. The van der Waals surface area contributed by atoms with Crippen molar-refractivity contribution in [3.8, 4) is 11.5 Å². The number of phenols is 2. The fourth-order valence-corrected chi connectivity index (χ4v) is 5.45. The molecule has 12 heteroatoms. The van der Waals surface area contributed by atoms with Crippen molar-refractivity contribution in [2.24, 2.45) is 5.73 Å². The summed E-state index contributed by atoms with van der Waals surface area (Å²) >= 11 is 0. The third kappa shape index (κ3) is 10.6. The maximum Gasteiger partial charge on any atom is 0.394 e. The van der Waals surface area contributed by atoms with Crippen LogP contribution in [0.15, 0.2) is 78.9 Å². The molecule has 0 radical (unpaired) electrons. The molecule has 3 atom stereocenters. The smallest absolute Gasteiger partial charge is 0.394 e. The van der Waals surface area contributed by atoms with Crippen molar-refractivity contribution in [3.05, 3.63) is 95.6 Å². The van der Waals surface area contributed by atoms with E-state index in [0.717, 1.165) is 0 Å². The molecule has 2 bridgehead atoms. The molecular formula is C31H40N2O9S. The van der Waals surface area contributed by atoms with Crippen molar-refractivity contribution in [1.29, 1.82) is 0 Å². The van der Waals surface area contributed by atoms with Crippen molar-refractivity contribution in [1.82, 2.24) is 4.90 Å². The predicted molar refractivity (Wildman–Crippen MR) is 161 cm³/mol. The zero-order valence-electron chi connectivity index (χ0n) is 24.2. The number of rotatable bonds is 7. The number of benzene rings is 3. The zero-order chi connectivity index (χ0) is 31.8. The SMILES string of the molecule is CC(N)(Cc1ccc(O)c(O)c1)C(=O)O.CN1C2CCC1CC(OC(c1ccccc1)c1ccccc1)C2.O=S(=O)(O)O. The number of fused-ring (bicyclic) bond motifs is 2. The van der Waals surface area contributed by atoms with Crippen LogP contribution in [0.4, 0.5) is 0 Å². The van der Waals surface area contributed by atoms with Crippen molar-refractivity contribution in [2.75, 3.05) is 7.05 Å². The quantitative estimate of drug-likeness (QED) is 0.165. The highest BCUT2D eigenvalue weighted by molar-refractivity contribution is 7.79. The lowest BCUT2D eigenvalue weighted by Crippen LogP contribution is -2.46. The predicted octanol–water partition coefficient (Wildman–Crippen LogP) is 4.21. The molecule has 2 fully saturated rings. The van der Waals surface area contributed by atoms with E-state index in [0.29, 0.717) is 23.8 Å². The molecule has 0 spiro atoms. The summed E-state index contributed by atoms with van der Waals surface area (Å²) in [5.41, 5.74) is 7.21. The molecule has 2 aliphatic heterocycles. The third-order valence-corrected chi connectivity index (χ3v) is 7.69. The molecule has 2 heterocycles. The van der Waals surface area contributed by atoms with Gasteiger partial charge in [-0.3, -0.25) is 13.9 Å². The Morgan fingerprint density at radius 1 is 0.930 bits per heavy atom. The second-order valence-corrected chi connectivity index (χ2v) is 12.0. The molecule has 3 aromatic rings. The molecule has 0 aliphatic carbocycles. The fraction of sp³-hybridized carbons (Fsp3) is 0.387. The van der Waals surface area contributed by atoms with Gasteiger partial charge in [-0.05, 0) is 68.5 Å². The molecule has 0 saturated carbocycles. The fourth-order valence-electron chi connectivity index (χ4n) is 5.45. The largest absolute Gasteiger partial charge is 0.504 e. The number of aromatic hydroxyl groups is 2. The van der Waals surface area contributed by atoms with E-state index >= 15 is 0 Å². The summed E-state index contributed by atoms with van der Waals surface area (Å²) in [6, 6.07) is 26.8. The normalized spacial score (nSPS) is 21.1. The van der Waals surface area contributed by atoms with Crippen LogP contribution >= 0.6 is 0 Å². The van der Waals surface area contributed by atoms with E-state index in [2.05, 4.69) is 72.6 Å². The Morgan fingerprint density at radius 3 is 1.81 bits per heavy atom. The van der Waals surface area contributed by atoms with E-state index in [4.69, 9.17) is 38.2 Å². The van der Waals surface area contributed by atoms with Crippen LogP contribution in [0, 0.1) is 0 Å². The van der Waals surface area contributed by atoms with Gasteiger partial charge in [0, 0.05) is 18.5 Å². The second kappa shape index (κ2) is 14.8. The van der Waals surface area contributed by atoms with E-state index < -0.39 is 21.9 Å². The van der Waals surface area contributed by atoms with Gasteiger partial charge >= 0.3 is 16.4 Å². The van der Waals surface area contributed by atoms with E-state index in [-0.39, 0.29) is 24.0 Å². The number of piperidine rings is 1. The number of phenolic OH excluding ortho intramolecular Hbond substituents is 2. The van der Waals surface area contributed by atoms with Gasteiger partial charge in [0.1, 0.15) is 11.6 Å². The molecular weight excluding hydrogens is 576 g/mol. The van der Waals surface area contributed by atoms with E-state index in [9.17, 15) is 9.90 Å². The average Bonchev–Trinajstić information content (AvgIpc) is 3.14. The van der Waals surface area contributed by atoms with Gasteiger partial charge in [0.2, 0.25) is 0 Å². The maximum atomic E-state index is 10.7. The Balaban J connectivity index is 0.000000218. The first-order valence-electron chi connectivity index (χ1n) is 13.8. The number of hydrogen-bond donors (Lipinski definition) is 6. The minimum Gasteiger partial charge on any atom is -0.504 e. The van der Waals surface area contributed by atoms with Crippen LogP contribution in [0.2, 0.25) is 0 Å². The first-order chi connectivity index (χ1) is 20.1. The highest BCUT2D eigenvalue weighted by atomic mass is 32.3. The van der Waals surface area contributed by atoms with Crippen molar-refractivity contribution in [2.45, 2.75) is 68.9 Å². The van der Waals surface area contributed by atoms with Gasteiger partial charge in [-0.2, -0.15) is 8.42 Å². The minimum absolute atomic E-state index is 0.0465. The number of ether oxygens (including phenoxy) is 1. The standard InChI is InChI=1S/C21H25NO.C10H13NO4.H2O4S/c1-22-18-12-13-19(22)15-20(14-18)23-21(16-8-4-2-5-9-16)17-10-6-3-7-11-17;1-10(11,9(14)15)5-6-2-3-7(12)8(13)4-6;1-5(2,3)4/h2-11,18-21H,12-15H2,1H3;2-4,12-13H,5,11H2,1H3,(H,14,15);(H2,1,2,3,4). The van der Waals surface area contributed by atoms with Crippen LogP contribution in [0.3, 0.4) is 0 Å². The summed E-state index contributed by atoms with van der Waals surface area (Å²) in [7, 11) is -2.38. The Labute approximate surface area is 252 Å². The van der Waals surface area contributed by atoms with Crippen molar-refractivity contribution in [3.63, 3.8) is 0 Å². The maximum absolute atomic E-state index is 10.7. The number of carboxylic acid groups (broad SMARTS) is 1. The van der Waals surface area contributed by atoms with Gasteiger partial charge in [0.05, 0.1) is 6.10 Å². The van der Waals surface area contributed by atoms with Crippen molar-refractivity contribution < 1.29 is 42.4 Å².